The molecule has 1 aromatic heterocycles. The highest BCUT2D eigenvalue weighted by molar-refractivity contribution is 5.73. The molecule has 4 nitrogen and oxygen atoms in total. The Morgan fingerprint density at radius 1 is 1.26 bits per heavy atom. The van der Waals surface area contributed by atoms with Gasteiger partial charge in [-0.15, -0.1) is 0 Å². The monoisotopic (exact) mass is 260 g/mol. The lowest BCUT2D eigenvalue weighted by atomic mass is 10.2. The van der Waals surface area contributed by atoms with E-state index in [0.717, 1.165) is 23.6 Å². The molecule has 0 aliphatic heterocycles. The molecule has 0 radical (unpaired) electrons. The minimum Gasteiger partial charge on any atom is -0.491 e. The van der Waals surface area contributed by atoms with Crippen molar-refractivity contribution >= 4 is 11.4 Å². The van der Waals surface area contributed by atoms with Gasteiger partial charge in [-0.3, -0.25) is 0 Å². The molecular formula is C15H20N2O2. The predicted octanol–water partition coefficient (Wildman–Crippen LogP) is 3.29. The highest BCUT2D eigenvalue weighted by Crippen LogP contribution is 2.32. The van der Waals surface area contributed by atoms with Crippen LogP contribution in [0.2, 0.25) is 0 Å². The van der Waals surface area contributed by atoms with E-state index in [1.54, 1.807) is 6.26 Å². The maximum absolute atomic E-state index is 6.16. The first kappa shape index (κ1) is 13.3. The second-order valence-electron chi connectivity index (χ2n) is 4.47. The fraction of sp³-hybridized carbons (Fsp3) is 0.333. The standard InChI is InChI=1S/C15H20N2O2/c1-3-9-19-14-8-4-7-13(15(14)16)17(2)11-12-6-5-10-18-12/h4-8,10H,3,9,11,16H2,1-2H3. The van der Waals surface area contributed by atoms with Crippen LogP contribution in [-0.4, -0.2) is 13.7 Å². The molecule has 102 valence electrons. The molecular weight excluding hydrogens is 240 g/mol. The highest BCUT2D eigenvalue weighted by Gasteiger charge is 2.11. The summed E-state index contributed by atoms with van der Waals surface area (Å²) in [6.45, 7) is 3.42. The molecule has 0 spiro atoms. The van der Waals surface area contributed by atoms with Crippen molar-refractivity contribution in [2.24, 2.45) is 0 Å². The molecule has 1 aromatic carbocycles. The molecule has 0 amide bonds. The number of para-hydroxylation sites is 1. The van der Waals surface area contributed by atoms with Crippen LogP contribution >= 0.6 is 0 Å². The first-order valence-corrected chi connectivity index (χ1v) is 6.47. The molecule has 0 saturated carbocycles. The van der Waals surface area contributed by atoms with Crippen LogP contribution in [0.25, 0.3) is 0 Å². The largest absolute Gasteiger partial charge is 0.491 e. The summed E-state index contributed by atoms with van der Waals surface area (Å²) in [6, 6.07) is 9.67. The molecule has 2 N–H and O–H groups in total. The van der Waals surface area contributed by atoms with Gasteiger partial charge in [-0.25, -0.2) is 0 Å². The molecule has 0 bridgehead atoms. The average molecular weight is 260 g/mol. The number of nitrogens with zero attached hydrogens (tertiary/aromatic N) is 1. The van der Waals surface area contributed by atoms with Crippen molar-refractivity contribution in [2.45, 2.75) is 19.9 Å². The van der Waals surface area contributed by atoms with Gasteiger partial charge in [0.1, 0.15) is 11.5 Å². The van der Waals surface area contributed by atoms with Crippen LogP contribution in [0.15, 0.2) is 41.0 Å². The third-order valence-corrected chi connectivity index (χ3v) is 2.89. The van der Waals surface area contributed by atoms with Crippen molar-refractivity contribution in [1.29, 1.82) is 0 Å². The molecule has 4 heteroatoms. The summed E-state index contributed by atoms with van der Waals surface area (Å²) in [5.74, 6) is 1.65. The summed E-state index contributed by atoms with van der Waals surface area (Å²) >= 11 is 0. The molecule has 2 rings (SSSR count). The van der Waals surface area contributed by atoms with Crippen LogP contribution in [0.4, 0.5) is 11.4 Å². The second kappa shape index (κ2) is 6.18. The maximum Gasteiger partial charge on any atom is 0.144 e. The number of nitrogen functional groups attached to an aromatic ring is 1. The van der Waals surface area contributed by atoms with Gasteiger partial charge in [0, 0.05) is 7.05 Å². The Kier molecular flexibility index (Phi) is 4.34. The van der Waals surface area contributed by atoms with Gasteiger partial charge < -0.3 is 19.8 Å². The van der Waals surface area contributed by atoms with E-state index in [1.165, 1.54) is 0 Å². The first-order chi connectivity index (χ1) is 9.22. The number of furan rings is 1. The number of hydrogen-bond acceptors (Lipinski definition) is 4. The average Bonchev–Trinajstić information content (AvgIpc) is 2.90. The van der Waals surface area contributed by atoms with Crippen molar-refractivity contribution in [1.82, 2.24) is 0 Å². The van der Waals surface area contributed by atoms with Crippen LogP contribution in [0, 0.1) is 0 Å². The SMILES string of the molecule is CCCOc1cccc(N(C)Cc2ccco2)c1N. The summed E-state index contributed by atoms with van der Waals surface area (Å²) in [7, 11) is 1.98. The summed E-state index contributed by atoms with van der Waals surface area (Å²) in [6.07, 6.45) is 2.64. The zero-order chi connectivity index (χ0) is 13.7. The Hall–Kier alpha value is -2.10. The topological polar surface area (TPSA) is 51.6 Å². The zero-order valence-corrected chi connectivity index (χ0v) is 11.4. The van der Waals surface area contributed by atoms with Crippen LogP contribution in [0.5, 0.6) is 5.75 Å². The molecule has 2 aromatic rings. The van der Waals surface area contributed by atoms with E-state index in [0.29, 0.717) is 18.8 Å². The third kappa shape index (κ3) is 3.22. The van der Waals surface area contributed by atoms with Crippen molar-refractivity contribution in [3.05, 3.63) is 42.4 Å². The van der Waals surface area contributed by atoms with E-state index >= 15 is 0 Å². The quantitative estimate of drug-likeness (QED) is 0.810. The number of benzene rings is 1. The van der Waals surface area contributed by atoms with Gasteiger partial charge in [0.05, 0.1) is 30.8 Å². The Bertz CT molecular complexity index is 509. The lowest BCUT2D eigenvalue weighted by Crippen LogP contribution is -2.17. The van der Waals surface area contributed by atoms with E-state index in [1.807, 2.05) is 42.3 Å². The lowest BCUT2D eigenvalue weighted by molar-refractivity contribution is 0.319. The van der Waals surface area contributed by atoms with Crippen LogP contribution < -0.4 is 15.4 Å². The van der Waals surface area contributed by atoms with Gasteiger partial charge in [-0.2, -0.15) is 0 Å². The molecule has 19 heavy (non-hydrogen) atoms. The Morgan fingerprint density at radius 3 is 2.79 bits per heavy atom. The van der Waals surface area contributed by atoms with Gasteiger partial charge in [-0.05, 0) is 30.7 Å². The highest BCUT2D eigenvalue weighted by atomic mass is 16.5. The fourth-order valence-corrected chi connectivity index (χ4v) is 1.92. The molecule has 0 aliphatic carbocycles. The third-order valence-electron chi connectivity index (χ3n) is 2.89. The summed E-state index contributed by atoms with van der Waals surface area (Å²) in [4.78, 5) is 2.05. The minimum absolute atomic E-state index is 0.671. The second-order valence-corrected chi connectivity index (χ2v) is 4.47. The molecule has 0 saturated heterocycles. The lowest BCUT2D eigenvalue weighted by Gasteiger charge is -2.21. The summed E-state index contributed by atoms with van der Waals surface area (Å²) < 4.78 is 11.0. The molecule has 0 atom stereocenters. The Morgan fingerprint density at radius 2 is 2.11 bits per heavy atom. The number of rotatable bonds is 6. The fourth-order valence-electron chi connectivity index (χ4n) is 1.92. The van der Waals surface area contributed by atoms with E-state index in [4.69, 9.17) is 14.9 Å². The maximum atomic E-state index is 6.16. The number of nitrogens with two attached hydrogens (primary N) is 1. The molecule has 0 fully saturated rings. The minimum atomic E-state index is 0.671. The summed E-state index contributed by atoms with van der Waals surface area (Å²) in [5, 5.41) is 0. The van der Waals surface area contributed by atoms with Gasteiger partial charge in [-0.1, -0.05) is 13.0 Å². The number of ether oxygens (including phenoxy) is 1. The Labute approximate surface area is 113 Å². The van der Waals surface area contributed by atoms with Crippen LogP contribution in [0.1, 0.15) is 19.1 Å². The zero-order valence-electron chi connectivity index (χ0n) is 11.4. The van der Waals surface area contributed by atoms with E-state index in [2.05, 4.69) is 6.92 Å². The smallest absolute Gasteiger partial charge is 0.144 e. The molecule has 1 heterocycles. The van der Waals surface area contributed by atoms with Gasteiger partial charge in [0.2, 0.25) is 0 Å². The van der Waals surface area contributed by atoms with E-state index in [9.17, 15) is 0 Å². The number of anilines is 2. The van der Waals surface area contributed by atoms with Gasteiger partial charge >= 0.3 is 0 Å². The number of hydrogen-bond donors (Lipinski definition) is 1. The molecule has 0 aliphatic rings. The van der Waals surface area contributed by atoms with E-state index in [-0.39, 0.29) is 0 Å². The predicted molar refractivity (Wildman–Crippen MR) is 77.5 cm³/mol. The van der Waals surface area contributed by atoms with Crippen LogP contribution in [-0.2, 0) is 6.54 Å². The van der Waals surface area contributed by atoms with Gasteiger partial charge in [0.25, 0.3) is 0 Å². The normalized spacial score (nSPS) is 10.4. The van der Waals surface area contributed by atoms with Crippen molar-refractivity contribution in [3.63, 3.8) is 0 Å². The van der Waals surface area contributed by atoms with E-state index < -0.39 is 0 Å². The van der Waals surface area contributed by atoms with Crippen LogP contribution in [0.3, 0.4) is 0 Å². The van der Waals surface area contributed by atoms with Crippen molar-refractivity contribution < 1.29 is 9.15 Å². The Balaban J connectivity index is 2.14. The van der Waals surface area contributed by atoms with Gasteiger partial charge in [0.15, 0.2) is 0 Å². The first-order valence-electron chi connectivity index (χ1n) is 6.47. The van der Waals surface area contributed by atoms with Crippen molar-refractivity contribution in [2.75, 3.05) is 24.3 Å². The molecule has 0 unspecified atom stereocenters. The summed E-state index contributed by atoms with van der Waals surface area (Å²) in [5.41, 5.74) is 7.78. The van der Waals surface area contributed by atoms with Crippen molar-refractivity contribution in [3.8, 4) is 5.75 Å².